The zero-order valence-corrected chi connectivity index (χ0v) is 23.1. The fourth-order valence-corrected chi connectivity index (χ4v) is 4.97. The van der Waals surface area contributed by atoms with Crippen LogP contribution in [0.5, 0.6) is 5.75 Å². The molecule has 2 aromatic heterocycles. The molecule has 0 aliphatic carbocycles. The van der Waals surface area contributed by atoms with Crippen molar-refractivity contribution in [3.63, 3.8) is 0 Å². The number of hydrogen-bond acceptors (Lipinski definition) is 8. The fraction of sp³-hybridized carbons (Fsp3) is 0.125. The molecule has 0 saturated heterocycles. The number of sulfone groups is 1. The Labute approximate surface area is 232 Å². The van der Waals surface area contributed by atoms with E-state index in [-0.39, 0.29) is 56.3 Å². The highest BCUT2D eigenvalue weighted by molar-refractivity contribution is 7.92. The fourth-order valence-electron chi connectivity index (χ4n) is 3.49. The van der Waals surface area contributed by atoms with E-state index >= 15 is 0 Å². The minimum Gasteiger partial charge on any atom is -0.486 e. The van der Waals surface area contributed by atoms with Crippen molar-refractivity contribution in [1.29, 1.82) is 0 Å². The predicted octanol–water partition coefficient (Wildman–Crippen LogP) is 4.01. The molecule has 0 fully saturated rings. The van der Waals surface area contributed by atoms with E-state index in [0.717, 1.165) is 36.9 Å². The first-order valence-electron chi connectivity index (χ1n) is 11.1. The van der Waals surface area contributed by atoms with Crippen LogP contribution in [0, 0.1) is 11.6 Å². The lowest BCUT2D eigenvalue weighted by Gasteiger charge is -2.11. The molecule has 2 heterocycles. The molecule has 0 saturated carbocycles. The minimum absolute atomic E-state index is 0.0346. The molecule has 0 unspecified atom stereocenters. The van der Waals surface area contributed by atoms with E-state index in [2.05, 4.69) is 25.2 Å². The number of rotatable bonds is 9. The number of nitrogens with zero attached hydrogens (tertiary/aromatic N) is 2. The SMILES string of the molecule is CS(=O)(=O)Nc1cc(Cl)cc(NC(=O)c2cc(-c3ncc(F)cc3OCc3cc(F)cc(S(C)(=O)=O)c3)n[nH]2)c1. The maximum atomic E-state index is 14.0. The van der Waals surface area contributed by atoms with Crippen molar-refractivity contribution in [3.8, 4) is 17.1 Å². The van der Waals surface area contributed by atoms with Crippen LogP contribution < -0.4 is 14.8 Å². The van der Waals surface area contributed by atoms with Gasteiger partial charge in [0.1, 0.15) is 35.3 Å². The largest absolute Gasteiger partial charge is 0.486 e. The summed E-state index contributed by atoms with van der Waals surface area (Å²) < 4.78 is 82.5. The lowest BCUT2D eigenvalue weighted by molar-refractivity contribution is 0.102. The Kier molecular flexibility index (Phi) is 8.09. The van der Waals surface area contributed by atoms with Gasteiger partial charge in [-0.3, -0.25) is 14.6 Å². The Morgan fingerprint density at radius 2 is 1.70 bits per heavy atom. The van der Waals surface area contributed by atoms with Gasteiger partial charge >= 0.3 is 0 Å². The first kappa shape index (κ1) is 28.9. The van der Waals surface area contributed by atoms with Crippen LogP contribution in [0.1, 0.15) is 16.1 Å². The minimum atomic E-state index is -3.69. The number of carbonyl (C=O) groups is 1. The van der Waals surface area contributed by atoms with Crippen molar-refractivity contribution in [2.75, 3.05) is 22.6 Å². The summed E-state index contributed by atoms with van der Waals surface area (Å²) in [5.74, 6) is -2.30. The summed E-state index contributed by atoms with van der Waals surface area (Å²) in [6.45, 7) is -0.325. The highest BCUT2D eigenvalue weighted by Crippen LogP contribution is 2.29. The summed E-state index contributed by atoms with van der Waals surface area (Å²) in [6, 6.07) is 9.62. The van der Waals surface area contributed by atoms with Crippen molar-refractivity contribution in [2.45, 2.75) is 11.5 Å². The third-order valence-corrected chi connectivity index (χ3v) is 7.01. The number of ether oxygens (including phenoxy) is 1. The third kappa shape index (κ3) is 7.52. The zero-order chi connectivity index (χ0) is 29.2. The number of nitrogens with one attached hydrogen (secondary N) is 3. The first-order valence-corrected chi connectivity index (χ1v) is 15.3. The Balaban J connectivity index is 1.55. The van der Waals surface area contributed by atoms with Crippen molar-refractivity contribution in [3.05, 3.63) is 82.6 Å². The molecular formula is C24H20ClF2N5O6S2. The number of halogens is 3. The maximum Gasteiger partial charge on any atom is 0.273 e. The van der Waals surface area contributed by atoms with Crippen LogP contribution in [0.25, 0.3) is 11.4 Å². The second-order valence-corrected chi connectivity index (χ2v) is 12.8. The standard InChI is InChI=1S/C24H20ClF2N5O6S2/c1-39(34,35)19-4-13(3-15(26)7-19)12-38-22-8-16(27)11-28-23(22)20-10-21(31-30-20)24(33)29-17-5-14(25)6-18(9-17)32-40(2,36)37/h3-11,32H,12H2,1-2H3,(H,29,33)(H,30,31). The Hall–Kier alpha value is -4.08. The van der Waals surface area contributed by atoms with Crippen molar-refractivity contribution >= 4 is 48.7 Å². The lowest BCUT2D eigenvalue weighted by Crippen LogP contribution is -2.13. The molecule has 2 aromatic carbocycles. The smallest absolute Gasteiger partial charge is 0.273 e. The molecule has 11 nitrogen and oxygen atoms in total. The molecule has 3 N–H and O–H groups in total. The first-order chi connectivity index (χ1) is 18.7. The average molecular weight is 612 g/mol. The van der Waals surface area contributed by atoms with Crippen LogP contribution in [-0.2, 0) is 26.5 Å². The number of hydrogen-bond donors (Lipinski definition) is 3. The molecule has 210 valence electrons. The molecular weight excluding hydrogens is 592 g/mol. The van der Waals surface area contributed by atoms with Crippen molar-refractivity contribution in [1.82, 2.24) is 15.2 Å². The topological polar surface area (TPSA) is 160 Å². The highest BCUT2D eigenvalue weighted by atomic mass is 35.5. The Morgan fingerprint density at radius 3 is 2.40 bits per heavy atom. The Bertz CT molecular complexity index is 1830. The van der Waals surface area contributed by atoms with Crippen LogP contribution in [-0.4, -0.2) is 50.4 Å². The number of benzene rings is 2. The number of pyridine rings is 1. The molecule has 1 amide bonds. The zero-order valence-electron chi connectivity index (χ0n) is 20.7. The summed E-state index contributed by atoms with van der Waals surface area (Å²) >= 11 is 6.03. The predicted molar refractivity (Wildman–Crippen MR) is 143 cm³/mol. The summed E-state index contributed by atoms with van der Waals surface area (Å²) in [6.07, 6.45) is 2.80. The van der Waals surface area contributed by atoms with Gasteiger partial charge in [0.05, 0.1) is 23.0 Å². The number of H-pyrrole nitrogens is 1. The Morgan fingerprint density at radius 1 is 0.975 bits per heavy atom. The van der Waals surface area contributed by atoms with E-state index in [1.807, 2.05) is 0 Å². The van der Waals surface area contributed by atoms with Gasteiger partial charge in [-0.15, -0.1) is 0 Å². The summed E-state index contributed by atoms with van der Waals surface area (Å²) in [7, 11) is -7.27. The quantitative estimate of drug-likeness (QED) is 0.256. The monoisotopic (exact) mass is 611 g/mol. The van der Waals surface area contributed by atoms with Gasteiger partial charge in [0.15, 0.2) is 15.6 Å². The van der Waals surface area contributed by atoms with E-state index in [1.165, 1.54) is 30.3 Å². The number of carbonyl (C=O) groups excluding carboxylic acids is 1. The van der Waals surface area contributed by atoms with Crippen LogP contribution in [0.4, 0.5) is 20.2 Å². The number of aromatic nitrogens is 3. The molecule has 4 rings (SSSR count). The molecule has 0 spiro atoms. The lowest BCUT2D eigenvalue weighted by atomic mass is 10.2. The van der Waals surface area contributed by atoms with Gasteiger partial charge in [-0.25, -0.2) is 30.6 Å². The van der Waals surface area contributed by atoms with Gasteiger partial charge in [0.25, 0.3) is 5.91 Å². The molecule has 0 aliphatic rings. The molecule has 4 aromatic rings. The van der Waals surface area contributed by atoms with Gasteiger partial charge < -0.3 is 10.1 Å². The molecule has 16 heteroatoms. The maximum absolute atomic E-state index is 14.0. The molecule has 0 atom stereocenters. The van der Waals surface area contributed by atoms with Crippen LogP contribution in [0.2, 0.25) is 5.02 Å². The molecule has 0 aliphatic heterocycles. The average Bonchev–Trinajstić information content (AvgIpc) is 3.31. The molecule has 0 radical (unpaired) electrons. The van der Waals surface area contributed by atoms with Gasteiger partial charge in [-0.05, 0) is 48.0 Å². The van der Waals surface area contributed by atoms with E-state index in [4.69, 9.17) is 16.3 Å². The van der Waals surface area contributed by atoms with Crippen LogP contribution in [0.3, 0.4) is 0 Å². The second kappa shape index (κ2) is 11.2. The highest BCUT2D eigenvalue weighted by Gasteiger charge is 2.18. The van der Waals surface area contributed by atoms with Gasteiger partial charge in [-0.1, -0.05) is 11.6 Å². The van der Waals surface area contributed by atoms with E-state index in [9.17, 15) is 30.4 Å². The van der Waals surface area contributed by atoms with E-state index < -0.39 is 37.4 Å². The third-order valence-electron chi connectivity index (χ3n) is 5.10. The number of aromatic amines is 1. The number of sulfonamides is 1. The summed E-state index contributed by atoms with van der Waals surface area (Å²) in [5, 5.41) is 9.28. The van der Waals surface area contributed by atoms with Crippen LogP contribution in [0.15, 0.2) is 59.6 Å². The summed E-state index contributed by atoms with van der Waals surface area (Å²) in [4.78, 5) is 16.5. The summed E-state index contributed by atoms with van der Waals surface area (Å²) in [5.41, 5.74) is 0.597. The number of anilines is 2. The normalized spacial score (nSPS) is 11.7. The van der Waals surface area contributed by atoms with Gasteiger partial charge in [0.2, 0.25) is 10.0 Å². The molecule has 40 heavy (non-hydrogen) atoms. The van der Waals surface area contributed by atoms with Crippen molar-refractivity contribution < 1.29 is 35.1 Å². The van der Waals surface area contributed by atoms with Crippen LogP contribution >= 0.6 is 11.6 Å². The molecule has 0 bridgehead atoms. The van der Waals surface area contributed by atoms with Crippen molar-refractivity contribution in [2.24, 2.45) is 0 Å². The number of amides is 1. The van der Waals surface area contributed by atoms with E-state index in [1.54, 1.807) is 0 Å². The van der Waals surface area contributed by atoms with E-state index in [0.29, 0.717) is 0 Å². The van der Waals surface area contributed by atoms with Gasteiger partial charge in [0, 0.05) is 23.0 Å². The second-order valence-electron chi connectivity index (χ2n) is 8.58. The van der Waals surface area contributed by atoms with Gasteiger partial charge in [-0.2, -0.15) is 5.10 Å².